The van der Waals surface area contributed by atoms with Crippen molar-refractivity contribution in [1.29, 1.82) is 0 Å². The Morgan fingerprint density at radius 3 is 2.58 bits per heavy atom. The molecule has 0 radical (unpaired) electrons. The van der Waals surface area contributed by atoms with Crippen LogP contribution >= 0.6 is 0 Å². The second kappa shape index (κ2) is 7.14. The first-order valence-electron chi connectivity index (χ1n) is 6.74. The smallest absolute Gasteiger partial charge is 0.230 e. The third-order valence-electron chi connectivity index (χ3n) is 3.24. The number of nitrogens with two attached hydrogens (primary N) is 1. The molecule has 1 unspecified atom stereocenters. The number of rotatable bonds is 6. The third kappa shape index (κ3) is 4.24. The number of amides is 1. The molecule has 0 heterocycles. The number of anilines is 1. The Balaban J connectivity index is 2.84. The van der Waals surface area contributed by atoms with Crippen molar-refractivity contribution in [2.24, 2.45) is 0 Å². The van der Waals surface area contributed by atoms with E-state index in [-0.39, 0.29) is 24.5 Å². The number of hydrogen-bond acceptors (Lipinski definition) is 3. The molecule has 3 N–H and O–H groups in total. The van der Waals surface area contributed by atoms with Crippen molar-refractivity contribution in [3.05, 3.63) is 29.8 Å². The highest BCUT2D eigenvalue weighted by atomic mass is 16.3. The number of carbonyl (C=O) groups excluding carboxylic acids is 1. The SMILES string of the molecule is CC(C(=O)N(CCCO)C(C)C)c1cccc(N)c1. The van der Waals surface area contributed by atoms with Gasteiger partial charge in [-0.3, -0.25) is 4.79 Å². The van der Waals surface area contributed by atoms with Gasteiger partial charge < -0.3 is 15.7 Å². The van der Waals surface area contributed by atoms with E-state index in [1.165, 1.54) is 0 Å². The first-order valence-corrected chi connectivity index (χ1v) is 6.74. The number of hydrogen-bond donors (Lipinski definition) is 2. The zero-order valence-corrected chi connectivity index (χ0v) is 12.0. The van der Waals surface area contributed by atoms with Crippen molar-refractivity contribution in [1.82, 2.24) is 4.90 Å². The van der Waals surface area contributed by atoms with Gasteiger partial charge in [0, 0.05) is 24.9 Å². The highest BCUT2D eigenvalue weighted by Gasteiger charge is 2.23. The van der Waals surface area contributed by atoms with E-state index in [0.29, 0.717) is 18.7 Å². The number of aliphatic hydroxyl groups is 1. The second-order valence-corrected chi connectivity index (χ2v) is 5.09. The Bertz CT molecular complexity index is 418. The third-order valence-corrected chi connectivity index (χ3v) is 3.24. The largest absolute Gasteiger partial charge is 0.399 e. The number of aliphatic hydroxyl groups excluding tert-OH is 1. The highest BCUT2D eigenvalue weighted by molar-refractivity contribution is 5.83. The minimum atomic E-state index is -0.218. The summed E-state index contributed by atoms with van der Waals surface area (Å²) < 4.78 is 0. The van der Waals surface area contributed by atoms with Crippen LogP contribution < -0.4 is 5.73 Å². The van der Waals surface area contributed by atoms with E-state index in [4.69, 9.17) is 10.8 Å². The summed E-state index contributed by atoms with van der Waals surface area (Å²) in [6.45, 7) is 6.55. The van der Waals surface area contributed by atoms with Gasteiger partial charge in [0.1, 0.15) is 0 Å². The quantitative estimate of drug-likeness (QED) is 0.772. The van der Waals surface area contributed by atoms with Crippen LogP contribution in [0.25, 0.3) is 0 Å². The van der Waals surface area contributed by atoms with Crippen LogP contribution in [0.15, 0.2) is 24.3 Å². The summed E-state index contributed by atoms with van der Waals surface area (Å²) in [6.07, 6.45) is 0.605. The molecule has 0 saturated carbocycles. The Kier molecular flexibility index (Phi) is 5.83. The summed E-state index contributed by atoms with van der Waals surface area (Å²) in [4.78, 5) is 14.3. The highest BCUT2D eigenvalue weighted by Crippen LogP contribution is 2.21. The van der Waals surface area contributed by atoms with Crippen molar-refractivity contribution < 1.29 is 9.90 Å². The minimum absolute atomic E-state index is 0.0778. The molecule has 1 rings (SSSR count). The summed E-state index contributed by atoms with van der Waals surface area (Å²) in [7, 11) is 0. The monoisotopic (exact) mass is 264 g/mol. The van der Waals surface area contributed by atoms with Crippen molar-refractivity contribution in [2.75, 3.05) is 18.9 Å². The van der Waals surface area contributed by atoms with Gasteiger partial charge in [0.2, 0.25) is 5.91 Å². The molecule has 0 bridgehead atoms. The molecule has 0 aliphatic heterocycles. The fourth-order valence-electron chi connectivity index (χ4n) is 2.08. The Morgan fingerprint density at radius 2 is 2.05 bits per heavy atom. The van der Waals surface area contributed by atoms with E-state index in [2.05, 4.69) is 0 Å². The number of nitrogens with zero attached hydrogens (tertiary/aromatic N) is 1. The summed E-state index contributed by atoms with van der Waals surface area (Å²) in [5, 5.41) is 8.92. The predicted octanol–water partition coefficient (Wildman–Crippen LogP) is 1.99. The van der Waals surface area contributed by atoms with Gasteiger partial charge in [-0.2, -0.15) is 0 Å². The van der Waals surface area contributed by atoms with E-state index < -0.39 is 0 Å². The maximum Gasteiger partial charge on any atom is 0.230 e. The van der Waals surface area contributed by atoms with E-state index in [9.17, 15) is 4.79 Å². The molecule has 0 saturated heterocycles. The zero-order valence-electron chi connectivity index (χ0n) is 12.0. The first-order chi connectivity index (χ1) is 8.97. The molecule has 1 amide bonds. The average Bonchev–Trinajstić information content (AvgIpc) is 2.37. The van der Waals surface area contributed by atoms with Gasteiger partial charge in [-0.05, 0) is 44.9 Å². The molecule has 19 heavy (non-hydrogen) atoms. The lowest BCUT2D eigenvalue weighted by atomic mass is 9.98. The van der Waals surface area contributed by atoms with E-state index in [1.807, 2.05) is 49.9 Å². The molecule has 1 atom stereocenters. The Labute approximate surface area is 115 Å². The maximum atomic E-state index is 12.5. The lowest BCUT2D eigenvalue weighted by Crippen LogP contribution is -2.40. The van der Waals surface area contributed by atoms with E-state index in [0.717, 1.165) is 5.56 Å². The molecule has 0 fully saturated rings. The van der Waals surface area contributed by atoms with Gasteiger partial charge in [0.25, 0.3) is 0 Å². The van der Waals surface area contributed by atoms with Crippen LogP contribution in [0.3, 0.4) is 0 Å². The standard InChI is InChI=1S/C15H24N2O2/c1-11(2)17(8-5-9-18)15(19)12(3)13-6-4-7-14(16)10-13/h4,6-7,10-12,18H,5,8-9,16H2,1-3H3. The molecular weight excluding hydrogens is 240 g/mol. The van der Waals surface area contributed by atoms with Crippen molar-refractivity contribution in [2.45, 2.75) is 39.2 Å². The van der Waals surface area contributed by atoms with Gasteiger partial charge in [0.05, 0.1) is 5.92 Å². The van der Waals surface area contributed by atoms with Gasteiger partial charge in [-0.15, -0.1) is 0 Å². The van der Waals surface area contributed by atoms with Gasteiger partial charge >= 0.3 is 0 Å². The molecule has 106 valence electrons. The van der Waals surface area contributed by atoms with Gasteiger partial charge in [-0.1, -0.05) is 12.1 Å². The fraction of sp³-hybridized carbons (Fsp3) is 0.533. The normalized spacial score (nSPS) is 12.5. The van der Waals surface area contributed by atoms with E-state index >= 15 is 0 Å². The van der Waals surface area contributed by atoms with Gasteiger partial charge in [0.15, 0.2) is 0 Å². The van der Waals surface area contributed by atoms with Crippen molar-refractivity contribution in [3.8, 4) is 0 Å². The van der Waals surface area contributed by atoms with Crippen LogP contribution in [0.1, 0.15) is 38.7 Å². The Morgan fingerprint density at radius 1 is 1.37 bits per heavy atom. The van der Waals surface area contributed by atoms with Crippen LogP contribution in [0, 0.1) is 0 Å². The Hall–Kier alpha value is -1.55. The van der Waals surface area contributed by atoms with Crippen molar-refractivity contribution in [3.63, 3.8) is 0 Å². The fourth-order valence-corrected chi connectivity index (χ4v) is 2.08. The zero-order chi connectivity index (χ0) is 14.4. The van der Waals surface area contributed by atoms with E-state index in [1.54, 1.807) is 0 Å². The predicted molar refractivity (Wildman–Crippen MR) is 77.8 cm³/mol. The molecule has 1 aromatic rings. The number of benzene rings is 1. The molecule has 4 heteroatoms. The van der Waals surface area contributed by atoms with Crippen molar-refractivity contribution >= 4 is 11.6 Å². The lowest BCUT2D eigenvalue weighted by molar-refractivity contribution is -0.134. The maximum absolute atomic E-state index is 12.5. The van der Waals surface area contributed by atoms with Crippen LogP contribution in [0.5, 0.6) is 0 Å². The number of carbonyl (C=O) groups is 1. The van der Waals surface area contributed by atoms with Crippen LogP contribution in [-0.4, -0.2) is 35.1 Å². The lowest BCUT2D eigenvalue weighted by Gasteiger charge is -2.29. The first kappa shape index (κ1) is 15.5. The molecule has 0 aliphatic rings. The second-order valence-electron chi connectivity index (χ2n) is 5.09. The summed E-state index contributed by atoms with van der Waals surface area (Å²) in [6, 6.07) is 7.56. The minimum Gasteiger partial charge on any atom is -0.399 e. The molecule has 4 nitrogen and oxygen atoms in total. The number of nitrogen functional groups attached to an aromatic ring is 1. The molecule has 0 spiro atoms. The van der Waals surface area contributed by atoms with Gasteiger partial charge in [-0.25, -0.2) is 0 Å². The summed E-state index contributed by atoms with van der Waals surface area (Å²) in [5.41, 5.74) is 7.35. The molecule has 0 aliphatic carbocycles. The van der Waals surface area contributed by atoms with Crippen LogP contribution in [0.2, 0.25) is 0 Å². The van der Waals surface area contributed by atoms with Crippen LogP contribution in [0.4, 0.5) is 5.69 Å². The molecule has 0 aromatic heterocycles. The van der Waals surface area contributed by atoms with Crippen LogP contribution in [-0.2, 0) is 4.79 Å². The summed E-state index contributed by atoms with van der Waals surface area (Å²) >= 11 is 0. The topological polar surface area (TPSA) is 66.6 Å². The molecular formula is C15H24N2O2. The average molecular weight is 264 g/mol. The molecule has 1 aromatic carbocycles. The summed E-state index contributed by atoms with van der Waals surface area (Å²) in [5.74, 6) is -0.140.